The second-order valence-corrected chi connectivity index (χ2v) is 7.13. The lowest BCUT2D eigenvalue weighted by molar-refractivity contribution is 1.43. The minimum absolute atomic E-state index is 0.529. The molecule has 4 aromatic rings. The Balaban J connectivity index is 2.15. The van der Waals surface area contributed by atoms with Crippen LogP contribution in [0.2, 0.25) is 5.15 Å². The summed E-state index contributed by atoms with van der Waals surface area (Å²) < 4.78 is 3.46. The quantitative estimate of drug-likeness (QED) is 0.345. The van der Waals surface area contributed by atoms with Crippen LogP contribution >= 0.6 is 38.9 Å². The summed E-state index contributed by atoms with van der Waals surface area (Å²) in [5, 5.41) is 1.67. The Kier molecular flexibility index (Phi) is 3.21. The molecule has 0 saturated carbocycles. The molecule has 2 aromatic heterocycles. The van der Waals surface area contributed by atoms with E-state index in [2.05, 4.69) is 51.2 Å². The van der Waals surface area contributed by atoms with Gasteiger partial charge in [0, 0.05) is 20.1 Å². The van der Waals surface area contributed by atoms with Crippen LogP contribution in [0, 0.1) is 0 Å². The first-order valence-corrected chi connectivity index (χ1v) is 8.45. The van der Waals surface area contributed by atoms with Gasteiger partial charge in [-0.25, -0.2) is 4.98 Å². The van der Waals surface area contributed by atoms with Gasteiger partial charge in [0.1, 0.15) is 5.15 Å². The molecule has 0 amide bonds. The number of rotatable bonds is 1. The van der Waals surface area contributed by atoms with Gasteiger partial charge in [0.15, 0.2) is 0 Å². The van der Waals surface area contributed by atoms with E-state index in [0.717, 1.165) is 26.5 Å². The topological polar surface area (TPSA) is 12.9 Å². The highest BCUT2D eigenvalue weighted by molar-refractivity contribution is 9.10. The molecular weight excluding hydrogens is 366 g/mol. The van der Waals surface area contributed by atoms with Crippen LogP contribution in [0.25, 0.3) is 31.4 Å². The van der Waals surface area contributed by atoms with Gasteiger partial charge in [-0.2, -0.15) is 0 Å². The van der Waals surface area contributed by atoms with Gasteiger partial charge >= 0.3 is 0 Å². The van der Waals surface area contributed by atoms with Crippen LogP contribution < -0.4 is 0 Å². The van der Waals surface area contributed by atoms with Crippen molar-refractivity contribution in [1.29, 1.82) is 0 Å². The number of aromatic nitrogens is 1. The zero-order valence-corrected chi connectivity index (χ0v) is 14.0. The molecule has 0 unspecified atom stereocenters. The number of thiophene rings is 1. The van der Waals surface area contributed by atoms with E-state index in [9.17, 15) is 0 Å². The Labute approximate surface area is 139 Å². The smallest absolute Gasteiger partial charge is 0.130 e. The molecule has 21 heavy (non-hydrogen) atoms. The molecule has 102 valence electrons. The lowest BCUT2D eigenvalue weighted by Gasteiger charge is -2.04. The fourth-order valence-corrected chi connectivity index (χ4v) is 4.22. The Bertz CT molecular complexity index is 963. The van der Waals surface area contributed by atoms with Gasteiger partial charge in [0.05, 0.1) is 10.2 Å². The maximum atomic E-state index is 6.25. The number of hydrogen-bond acceptors (Lipinski definition) is 2. The van der Waals surface area contributed by atoms with E-state index in [0.29, 0.717) is 5.15 Å². The molecule has 0 fully saturated rings. The number of hydrogen-bond donors (Lipinski definition) is 0. The molecule has 4 heteroatoms. The Morgan fingerprint density at radius 1 is 1.00 bits per heavy atom. The van der Waals surface area contributed by atoms with Gasteiger partial charge < -0.3 is 0 Å². The summed E-state index contributed by atoms with van der Waals surface area (Å²) in [6.07, 6.45) is 0. The van der Waals surface area contributed by atoms with Crippen LogP contribution in [-0.2, 0) is 0 Å². The Morgan fingerprint density at radius 3 is 2.62 bits per heavy atom. The summed E-state index contributed by atoms with van der Waals surface area (Å²) in [7, 11) is 0. The maximum Gasteiger partial charge on any atom is 0.130 e. The van der Waals surface area contributed by atoms with Gasteiger partial charge in [-0.05, 0) is 29.8 Å². The van der Waals surface area contributed by atoms with Crippen molar-refractivity contribution in [3.05, 3.63) is 64.2 Å². The molecule has 0 aliphatic heterocycles. The lowest BCUT2D eigenvalue weighted by Crippen LogP contribution is -1.82. The van der Waals surface area contributed by atoms with E-state index in [-0.39, 0.29) is 0 Å². The monoisotopic (exact) mass is 373 g/mol. The standard InChI is InChI=1S/C17H9BrClNS/c18-11-6-7-14-13(8-11)16-17(21-14)12(9-15(19)20-16)10-4-2-1-3-5-10/h1-9H. The molecule has 0 aliphatic carbocycles. The highest BCUT2D eigenvalue weighted by Crippen LogP contribution is 2.40. The summed E-state index contributed by atoms with van der Waals surface area (Å²) >= 11 is 11.5. The van der Waals surface area contributed by atoms with Gasteiger partial charge in [0.2, 0.25) is 0 Å². The second-order valence-electron chi connectivity index (χ2n) is 4.78. The Morgan fingerprint density at radius 2 is 1.81 bits per heavy atom. The van der Waals surface area contributed by atoms with E-state index in [1.807, 2.05) is 24.3 Å². The van der Waals surface area contributed by atoms with Crippen LogP contribution in [0.5, 0.6) is 0 Å². The van der Waals surface area contributed by atoms with E-state index in [1.165, 1.54) is 9.40 Å². The molecule has 0 radical (unpaired) electrons. The zero-order chi connectivity index (χ0) is 14.4. The third-order valence-electron chi connectivity index (χ3n) is 3.44. The molecule has 0 bridgehead atoms. The van der Waals surface area contributed by atoms with Crippen molar-refractivity contribution >= 4 is 59.2 Å². The Hall–Kier alpha value is -1.42. The van der Waals surface area contributed by atoms with Crippen LogP contribution in [-0.4, -0.2) is 4.98 Å². The molecule has 0 atom stereocenters. The zero-order valence-electron chi connectivity index (χ0n) is 10.8. The summed E-state index contributed by atoms with van der Waals surface area (Å²) in [6, 6.07) is 18.5. The number of pyridine rings is 1. The summed E-state index contributed by atoms with van der Waals surface area (Å²) in [6.45, 7) is 0. The third kappa shape index (κ3) is 2.26. The van der Waals surface area contributed by atoms with Gasteiger partial charge in [-0.15, -0.1) is 11.3 Å². The molecular formula is C17H9BrClNS. The highest BCUT2D eigenvalue weighted by atomic mass is 79.9. The van der Waals surface area contributed by atoms with Gasteiger partial charge in [0.25, 0.3) is 0 Å². The normalized spacial score (nSPS) is 11.3. The summed E-state index contributed by atoms with van der Waals surface area (Å²) in [5.41, 5.74) is 3.28. The van der Waals surface area contributed by atoms with E-state index in [4.69, 9.17) is 11.6 Å². The van der Waals surface area contributed by atoms with Crippen molar-refractivity contribution in [2.75, 3.05) is 0 Å². The van der Waals surface area contributed by atoms with Crippen LogP contribution in [0.4, 0.5) is 0 Å². The first-order chi connectivity index (χ1) is 10.2. The average molecular weight is 375 g/mol. The molecule has 2 heterocycles. The minimum Gasteiger partial charge on any atom is -0.235 e. The summed E-state index contributed by atoms with van der Waals surface area (Å²) in [5.74, 6) is 0. The average Bonchev–Trinajstić information content (AvgIpc) is 2.85. The SMILES string of the molecule is Clc1cc(-c2ccccc2)c2sc3ccc(Br)cc3c2n1. The molecule has 1 nitrogen and oxygen atoms in total. The molecule has 0 N–H and O–H groups in total. The van der Waals surface area contributed by atoms with Crippen molar-refractivity contribution in [2.45, 2.75) is 0 Å². The fourth-order valence-electron chi connectivity index (χ4n) is 2.51. The van der Waals surface area contributed by atoms with Crippen LogP contribution in [0.15, 0.2) is 59.1 Å². The number of halogens is 2. The highest BCUT2D eigenvalue weighted by Gasteiger charge is 2.13. The maximum absolute atomic E-state index is 6.25. The van der Waals surface area contributed by atoms with Crippen molar-refractivity contribution in [2.24, 2.45) is 0 Å². The molecule has 4 rings (SSSR count). The third-order valence-corrected chi connectivity index (χ3v) is 5.32. The second kappa shape index (κ2) is 5.09. The van der Waals surface area contributed by atoms with Crippen molar-refractivity contribution in [3.8, 4) is 11.1 Å². The van der Waals surface area contributed by atoms with Gasteiger partial charge in [-0.3, -0.25) is 0 Å². The first kappa shape index (κ1) is 13.3. The predicted octanol–water partition coefficient (Wildman–Crippen LogP) is 6.53. The molecule has 2 aromatic carbocycles. The first-order valence-electron chi connectivity index (χ1n) is 6.46. The summed E-state index contributed by atoms with van der Waals surface area (Å²) in [4.78, 5) is 4.55. The molecule has 0 saturated heterocycles. The molecule has 0 aliphatic rings. The largest absolute Gasteiger partial charge is 0.235 e. The van der Waals surface area contributed by atoms with E-state index < -0.39 is 0 Å². The lowest BCUT2D eigenvalue weighted by atomic mass is 10.1. The number of nitrogens with zero attached hydrogens (tertiary/aromatic N) is 1. The number of benzene rings is 2. The predicted molar refractivity (Wildman–Crippen MR) is 95.3 cm³/mol. The minimum atomic E-state index is 0.529. The van der Waals surface area contributed by atoms with Crippen LogP contribution in [0.1, 0.15) is 0 Å². The van der Waals surface area contributed by atoms with Crippen molar-refractivity contribution < 1.29 is 0 Å². The number of fused-ring (bicyclic) bond motifs is 3. The van der Waals surface area contributed by atoms with E-state index >= 15 is 0 Å². The van der Waals surface area contributed by atoms with Gasteiger partial charge in [-0.1, -0.05) is 57.9 Å². The van der Waals surface area contributed by atoms with Crippen molar-refractivity contribution in [3.63, 3.8) is 0 Å². The van der Waals surface area contributed by atoms with E-state index in [1.54, 1.807) is 11.3 Å². The van der Waals surface area contributed by atoms with Crippen molar-refractivity contribution in [1.82, 2.24) is 4.98 Å². The molecule has 0 spiro atoms. The fraction of sp³-hybridized carbons (Fsp3) is 0. The van der Waals surface area contributed by atoms with Crippen LogP contribution in [0.3, 0.4) is 0 Å².